The lowest BCUT2D eigenvalue weighted by atomic mass is 9.97. The van der Waals surface area contributed by atoms with Crippen LogP contribution in [0.15, 0.2) is 36.4 Å². The molecule has 2 fully saturated rings. The second-order valence-corrected chi connectivity index (χ2v) is 9.33. The number of benzene rings is 2. The maximum absolute atomic E-state index is 11.3. The molecule has 0 unspecified atom stereocenters. The summed E-state index contributed by atoms with van der Waals surface area (Å²) in [6.07, 6.45) is 5.41. The van der Waals surface area contributed by atoms with Crippen LogP contribution in [0.4, 0.5) is 0 Å². The normalized spacial score (nSPS) is 17.8. The summed E-state index contributed by atoms with van der Waals surface area (Å²) in [5.74, 6) is 0.979. The Morgan fingerprint density at radius 1 is 1.03 bits per heavy atom. The number of carboxylic acid groups (broad SMARTS) is 1. The van der Waals surface area contributed by atoms with Gasteiger partial charge in [-0.3, -0.25) is 0 Å². The first kappa shape index (κ1) is 21.5. The Labute approximate surface area is 187 Å². The number of nitrogens with zero attached hydrogens (tertiary/aromatic N) is 1. The monoisotopic (exact) mass is 447 g/mol. The molecule has 1 aliphatic carbocycles. The highest BCUT2D eigenvalue weighted by molar-refractivity contribution is 6.34. The molecular formula is C24H27Cl2NO3. The van der Waals surface area contributed by atoms with Crippen molar-refractivity contribution in [2.24, 2.45) is 5.92 Å². The SMILES string of the molecule is O=C(O)c1ccc(OCC2CCN(CCc3cc(Cl)cc(Cl)c3)CC2)c(C2CC2)c1. The van der Waals surface area contributed by atoms with Crippen LogP contribution in [0.3, 0.4) is 0 Å². The van der Waals surface area contributed by atoms with Gasteiger partial charge in [-0.25, -0.2) is 4.79 Å². The largest absolute Gasteiger partial charge is 0.493 e. The second kappa shape index (κ2) is 9.59. The van der Waals surface area contributed by atoms with Crippen molar-refractivity contribution in [3.05, 3.63) is 63.1 Å². The van der Waals surface area contributed by atoms with Crippen molar-refractivity contribution >= 4 is 29.2 Å². The van der Waals surface area contributed by atoms with Gasteiger partial charge in [0.25, 0.3) is 0 Å². The zero-order valence-corrected chi connectivity index (χ0v) is 18.5. The minimum Gasteiger partial charge on any atom is -0.493 e. The highest BCUT2D eigenvalue weighted by atomic mass is 35.5. The van der Waals surface area contributed by atoms with Crippen molar-refractivity contribution in [1.82, 2.24) is 4.90 Å². The Balaban J connectivity index is 1.25. The van der Waals surface area contributed by atoms with Gasteiger partial charge in [-0.1, -0.05) is 23.2 Å². The van der Waals surface area contributed by atoms with E-state index < -0.39 is 5.97 Å². The van der Waals surface area contributed by atoms with Gasteiger partial charge in [-0.15, -0.1) is 0 Å². The fourth-order valence-electron chi connectivity index (χ4n) is 4.15. The zero-order valence-electron chi connectivity index (χ0n) is 16.9. The molecule has 4 rings (SSSR count). The molecule has 2 aliphatic rings. The summed E-state index contributed by atoms with van der Waals surface area (Å²) >= 11 is 12.2. The van der Waals surface area contributed by atoms with E-state index in [1.165, 1.54) is 5.56 Å². The van der Waals surface area contributed by atoms with E-state index >= 15 is 0 Å². The number of ether oxygens (including phenoxy) is 1. The Morgan fingerprint density at radius 2 is 1.73 bits per heavy atom. The summed E-state index contributed by atoms with van der Waals surface area (Å²) < 4.78 is 6.16. The average molecular weight is 448 g/mol. The third-order valence-electron chi connectivity index (χ3n) is 6.09. The van der Waals surface area contributed by atoms with Crippen molar-refractivity contribution < 1.29 is 14.6 Å². The van der Waals surface area contributed by atoms with Gasteiger partial charge in [-0.2, -0.15) is 0 Å². The third kappa shape index (κ3) is 5.69. The van der Waals surface area contributed by atoms with Gasteiger partial charge >= 0.3 is 5.97 Å². The van der Waals surface area contributed by atoms with E-state index in [-0.39, 0.29) is 0 Å². The van der Waals surface area contributed by atoms with E-state index in [9.17, 15) is 9.90 Å². The van der Waals surface area contributed by atoms with Gasteiger partial charge in [-0.05, 0) is 105 Å². The number of halogens is 2. The maximum atomic E-state index is 11.3. The summed E-state index contributed by atoms with van der Waals surface area (Å²) in [6.45, 7) is 3.84. The Morgan fingerprint density at radius 3 is 2.37 bits per heavy atom. The first-order valence-electron chi connectivity index (χ1n) is 10.7. The quantitative estimate of drug-likeness (QED) is 0.546. The number of carbonyl (C=O) groups is 1. The minimum atomic E-state index is -0.879. The van der Waals surface area contributed by atoms with E-state index in [1.807, 2.05) is 18.2 Å². The number of rotatable bonds is 8. The topological polar surface area (TPSA) is 49.8 Å². The fraction of sp³-hybridized carbons (Fsp3) is 0.458. The predicted molar refractivity (Wildman–Crippen MR) is 120 cm³/mol. The fourth-order valence-corrected chi connectivity index (χ4v) is 4.72. The molecule has 30 heavy (non-hydrogen) atoms. The highest BCUT2D eigenvalue weighted by Crippen LogP contribution is 2.44. The zero-order chi connectivity index (χ0) is 21.1. The molecule has 1 saturated heterocycles. The molecule has 0 spiro atoms. The van der Waals surface area contributed by atoms with Crippen molar-refractivity contribution in [2.45, 2.75) is 38.0 Å². The first-order chi connectivity index (χ1) is 14.5. The predicted octanol–water partition coefficient (Wildman–Crippen LogP) is 5.90. The summed E-state index contributed by atoms with van der Waals surface area (Å²) in [6, 6.07) is 11.0. The van der Waals surface area contributed by atoms with Crippen molar-refractivity contribution in [1.29, 1.82) is 0 Å². The minimum absolute atomic E-state index is 0.346. The summed E-state index contributed by atoms with van der Waals surface area (Å²) in [4.78, 5) is 13.8. The van der Waals surface area contributed by atoms with Crippen LogP contribution in [0.1, 0.15) is 53.1 Å². The first-order valence-corrected chi connectivity index (χ1v) is 11.4. The van der Waals surface area contributed by atoms with Crippen molar-refractivity contribution in [3.63, 3.8) is 0 Å². The van der Waals surface area contributed by atoms with Gasteiger partial charge in [0.1, 0.15) is 5.75 Å². The second-order valence-electron chi connectivity index (χ2n) is 8.46. The van der Waals surface area contributed by atoms with Gasteiger partial charge in [0, 0.05) is 16.6 Å². The molecule has 0 aromatic heterocycles. The van der Waals surface area contributed by atoms with E-state index in [0.29, 0.717) is 34.1 Å². The molecule has 2 aromatic rings. The molecular weight excluding hydrogens is 421 g/mol. The van der Waals surface area contributed by atoms with Crippen LogP contribution in [-0.2, 0) is 6.42 Å². The van der Waals surface area contributed by atoms with Crippen LogP contribution in [0.25, 0.3) is 0 Å². The third-order valence-corrected chi connectivity index (χ3v) is 6.53. The lowest BCUT2D eigenvalue weighted by Crippen LogP contribution is -2.36. The van der Waals surface area contributed by atoms with Crippen LogP contribution in [-0.4, -0.2) is 42.2 Å². The molecule has 0 bridgehead atoms. The van der Waals surface area contributed by atoms with Gasteiger partial charge in [0.2, 0.25) is 0 Å². The molecule has 1 heterocycles. The van der Waals surface area contributed by atoms with Crippen LogP contribution >= 0.6 is 23.2 Å². The molecule has 0 radical (unpaired) electrons. The van der Waals surface area contributed by atoms with Crippen LogP contribution in [0.2, 0.25) is 10.0 Å². The van der Waals surface area contributed by atoms with Crippen molar-refractivity contribution in [3.8, 4) is 5.75 Å². The number of carboxylic acids is 1. The van der Waals surface area contributed by atoms with Crippen LogP contribution in [0.5, 0.6) is 5.75 Å². The highest BCUT2D eigenvalue weighted by Gasteiger charge is 2.28. The average Bonchev–Trinajstić information content (AvgIpc) is 3.56. The molecule has 1 saturated carbocycles. The molecule has 2 aromatic carbocycles. The van der Waals surface area contributed by atoms with E-state index in [1.54, 1.807) is 18.2 Å². The molecule has 0 atom stereocenters. The molecule has 6 heteroatoms. The van der Waals surface area contributed by atoms with E-state index in [2.05, 4.69) is 4.90 Å². The van der Waals surface area contributed by atoms with Crippen LogP contribution in [0, 0.1) is 5.92 Å². The number of piperidine rings is 1. The lowest BCUT2D eigenvalue weighted by molar-refractivity contribution is 0.0696. The van der Waals surface area contributed by atoms with E-state index in [0.717, 1.165) is 63.1 Å². The molecule has 0 amide bonds. The Bertz CT molecular complexity index is 885. The summed E-state index contributed by atoms with van der Waals surface area (Å²) in [7, 11) is 0. The molecule has 160 valence electrons. The number of hydrogen-bond acceptors (Lipinski definition) is 3. The number of hydrogen-bond donors (Lipinski definition) is 1. The van der Waals surface area contributed by atoms with E-state index in [4.69, 9.17) is 27.9 Å². The summed E-state index contributed by atoms with van der Waals surface area (Å²) in [5, 5.41) is 10.6. The van der Waals surface area contributed by atoms with Gasteiger partial charge in [0.05, 0.1) is 12.2 Å². The van der Waals surface area contributed by atoms with Crippen LogP contribution < -0.4 is 4.74 Å². The standard InChI is InChI=1S/C24H27Cl2NO3/c25-20-11-17(12-21(26)14-20)7-10-27-8-5-16(6-9-27)15-30-23-4-3-19(24(28)29)13-22(23)18-1-2-18/h3-4,11-14,16,18H,1-2,5-10,15H2,(H,28,29). The Hall–Kier alpha value is -1.75. The molecule has 1 aliphatic heterocycles. The molecule has 4 nitrogen and oxygen atoms in total. The van der Waals surface area contributed by atoms with Gasteiger partial charge in [0.15, 0.2) is 0 Å². The lowest BCUT2D eigenvalue weighted by Gasteiger charge is -2.32. The number of aromatic carboxylic acids is 1. The van der Waals surface area contributed by atoms with Crippen molar-refractivity contribution in [2.75, 3.05) is 26.2 Å². The maximum Gasteiger partial charge on any atom is 0.335 e. The number of likely N-dealkylation sites (tertiary alicyclic amines) is 1. The summed E-state index contributed by atoms with van der Waals surface area (Å²) in [5.41, 5.74) is 2.58. The Kier molecular flexibility index (Phi) is 6.87. The smallest absolute Gasteiger partial charge is 0.335 e. The van der Waals surface area contributed by atoms with Gasteiger partial charge < -0.3 is 14.7 Å². The molecule has 1 N–H and O–H groups in total.